The molecule has 2 heterocycles. The molecule has 0 radical (unpaired) electrons. The third kappa shape index (κ3) is 3.89. The fraction of sp³-hybridized carbons (Fsp3) is 0.474. The van der Waals surface area contributed by atoms with E-state index in [0.29, 0.717) is 36.8 Å². The molecule has 0 spiro atoms. The van der Waals surface area contributed by atoms with Gasteiger partial charge in [-0.15, -0.1) is 0 Å². The number of hydrogen-bond donors (Lipinski definition) is 1. The van der Waals surface area contributed by atoms with Crippen LogP contribution in [0.1, 0.15) is 11.3 Å². The van der Waals surface area contributed by atoms with E-state index >= 15 is 0 Å². The van der Waals surface area contributed by atoms with Gasteiger partial charge in [-0.3, -0.25) is 14.9 Å². The molecule has 1 aliphatic rings. The Morgan fingerprint density at radius 1 is 1.08 bits per heavy atom. The summed E-state index contributed by atoms with van der Waals surface area (Å²) in [5.74, 6) is 2.02. The molecule has 0 unspecified atom stereocenters. The molecule has 1 saturated heterocycles. The minimum absolute atomic E-state index is 0.137. The first-order valence-corrected chi connectivity index (χ1v) is 8.59. The molecule has 7 heteroatoms. The highest BCUT2D eigenvalue weighted by Gasteiger charge is 2.32. The fourth-order valence-corrected chi connectivity index (χ4v) is 3.50. The summed E-state index contributed by atoms with van der Waals surface area (Å²) < 4.78 is 16.3. The Kier molecular flexibility index (Phi) is 5.90. The van der Waals surface area contributed by atoms with Crippen molar-refractivity contribution < 1.29 is 19.3 Å². The smallest absolute Gasteiger partial charge is 0.203 e. The zero-order valence-corrected chi connectivity index (χ0v) is 15.4. The summed E-state index contributed by atoms with van der Waals surface area (Å²) in [5, 5.41) is 10.4. The lowest BCUT2D eigenvalue weighted by Gasteiger charge is -2.20. The van der Waals surface area contributed by atoms with Crippen LogP contribution in [0.2, 0.25) is 0 Å². The van der Waals surface area contributed by atoms with Crippen LogP contribution in [0.3, 0.4) is 0 Å². The van der Waals surface area contributed by atoms with Crippen molar-refractivity contribution in [1.82, 2.24) is 14.9 Å². The summed E-state index contributed by atoms with van der Waals surface area (Å²) >= 11 is 0. The molecule has 1 aromatic heterocycles. The first-order valence-electron chi connectivity index (χ1n) is 8.59. The lowest BCUT2D eigenvalue weighted by atomic mass is 10.0. The van der Waals surface area contributed by atoms with Gasteiger partial charge in [0.05, 0.1) is 33.1 Å². The Hall–Kier alpha value is -2.38. The molecule has 0 bridgehead atoms. The van der Waals surface area contributed by atoms with E-state index in [1.165, 1.54) is 0 Å². The van der Waals surface area contributed by atoms with E-state index < -0.39 is 0 Å². The van der Waals surface area contributed by atoms with Crippen LogP contribution < -0.4 is 14.2 Å². The maximum Gasteiger partial charge on any atom is 0.203 e. The van der Waals surface area contributed by atoms with Gasteiger partial charge in [-0.25, -0.2) is 0 Å². The van der Waals surface area contributed by atoms with Crippen LogP contribution in [0.25, 0.3) is 0 Å². The molecule has 26 heavy (non-hydrogen) atoms. The van der Waals surface area contributed by atoms with Crippen molar-refractivity contribution in [2.24, 2.45) is 5.92 Å². The van der Waals surface area contributed by atoms with Crippen LogP contribution in [0.5, 0.6) is 17.2 Å². The van der Waals surface area contributed by atoms with E-state index in [-0.39, 0.29) is 12.0 Å². The summed E-state index contributed by atoms with van der Waals surface area (Å²) in [4.78, 5) is 10.6. The zero-order chi connectivity index (χ0) is 18.5. The molecule has 2 atom stereocenters. The minimum Gasteiger partial charge on any atom is -0.493 e. The van der Waals surface area contributed by atoms with Gasteiger partial charge in [0.2, 0.25) is 5.75 Å². The summed E-state index contributed by atoms with van der Waals surface area (Å²) in [6, 6.07) is 3.85. The van der Waals surface area contributed by atoms with E-state index in [4.69, 9.17) is 14.2 Å². The molecule has 7 nitrogen and oxygen atoms in total. The molecule has 0 amide bonds. The van der Waals surface area contributed by atoms with E-state index in [1.54, 1.807) is 39.9 Å². The first kappa shape index (κ1) is 18.4. The van der Waals surface area contributed by atoms with Crippen molar-refractivity contribution in [3.63, 3.8) is 0 Å². The van der Waals surface area contributed by atoms with Crippen LogP contribution in [-0.2, 0) is 13.0 Å². The predicted molar refractivity (Wildman–Crippen MR) is 96.6 cm³/mol. The van der Waals surface area contributed by atoms with Gasteiger partial charge in [0.1, 0.15) is 0 Å². The third-order valence-corrected chi connectivity index (χ3v) is 4.75. The van der Waals surface area contributed by atoms with E-state index in [0.717, 1.165) is 17.8 Å². The number of methoxy groups -OCH3 is 3. The van der Waals surface area contributed by atoms with Crippen LogP contribution in [-0.4, -0.2) is 60.5 Å². The first-order chi connectivity index (χ1) is 12.7. The van der Waals surface area contributed by atoms with Gasteiger partial charge < -0.3 is 19.3 Å². The fourth-order valence-electron chi connectivity index (χ4n) is 3.50. The molecule has 140 valence electrons. The Bertz CT molecular complexity index is 726. The number of rotatable bonds is 7. The van der Waals surface area contributed by atoms with E-state index in [9.17, 15) is 5.11 Å². The molecule has 1 N–H and O–H groups in total. The predicted octanol–water partition coefficient (Wildman–Crippen LogP) is 1.54. The monoisotopic (exact) mass is 359 g/mol. The van der Waals surface area contributed by atoms with Crippen molar-refractivity contribution in [3.05, 3.63) is 42.0 Å². The second-order valence-corrected chi connectivity index (χ2v) is 6.42. The van der Waals surface area contributed by atoms with Crippen LogP contribution in [0.15, 0.2) is 30.7 Å². The average molecular weight is 359 g/mol. The molecule has 2 aromatic rings. The second kappa shape index (κ2) is 8.33. The molecule has 0 saturated carbocycles. The average Bonchev–Trinajstić information content (AvgIpc) is 3.00. The molecule has 1 aromatic carbocycles. The van der Waals surface area contributed by atoms with E-state index in [2.05, 4.69) is 14.9 Å². The van der Waals surface area contributed by atoms with Crippen molar-refractivity contribution >= 4 is 0 Å². The van der Waals surface area contributed by atoms with Gasteiger partial charge in [-0.05, 0) is 12.5 Å². The SMILES string of the molecule is COc1ccc(CN2C[C@@H](Cc3cnccn3)[C@H](O)C2)c(OC)c1OC. The third-order valence-electron chi connectivity index (χ3n) is 4.75. The van der Waals surface area contributed by atoms with Gasteiger partial charge in [0.15, 0.2) is 11.5 Å². The number of β-amino-alcohol motifs (C(OH)–C–C–N with tert-alkyl or cyclic N) is 1. The number of likely N-dealkylation sites (tertiary alicyclic amines) is 1. The summed E-state index contributed by atoms with van der Waals surface area (Å²) in [6.45, 7) is 2.06. The maximum absolute atomic E-state index is 10.4. The van der Waals surface area contributed by atoms with Gasteiger partial charge in [-0.1, -0.05) is 6.07 Å². The Labute approximate surface area is 153 Å². The number of aliphatic hydroxyl groups excluding tert-OH is 1. The highest BCUT2D eigenvalue weighted by Crippen LogP contribution is 2.40. The Morgan fingerprint density at radius 3 is 2.54 bits per heavy atom. The van der Waals surface area contributed by atoms with Gasteiger partial charge in [0.25, 0.3) is 0 Å². The maximum atomic E-state index is 10.4. The van der Waals surface area contributed by atoms with Crippen LogP contribution in [0.4, 0.5) is 0 Å². The molecular weight excluding hydrogens is 334 g/mol. The summed E-state index contributed by atoms with van der Waals surface area (Å²) in [5.41, 5.74) is 1.90. The number of ether oxygens (including phenoxy) is 3. The molecule has 1 fully saturated rings. The summed E-state index contributed by atoms with van der Waals surface area (Å²) in [6.07, 6.45) is 5.43. The highest BCUT2D eigenvalue weighted by molar-refractivity contribution is 5.55. The lowest BCUT2D eigenvalue weighted by Crippen LogP contribution is -2.21. The van der Waals surface area contributed by atoms with Crippen molar-refractivity contribution in [2.45, 2.75) is 19.1 Å². The number of nitrogens with zero attached hydrogens (tertiary/aromatic N) is 3. The minimum atomic E-state index is -0.386. The lowest BCUT2D eigenvalue weighted by molar-refractivity contribution is 0.140. The van der Waals surface area contributed by atoms with Crippen molar-refractivity contribution in [1.29, 1.82) is 0 Å². The van der Waals surface area contributed by atoms with E-state index in [1.807, 2.05) is 12.1 Å². The molecular formula is C19H25N3O4. The summed E-state index contributed by atoms with van der Waals surface area (Å²) in [7, 11) is 4.82. The number of aromatic nitrogens is 2. The van der Waals surface area contributed by atoms with Crippen LogP contribution in [0, 0.1) is 5.92 Å². The number of benzene rings is 1. The normalized spacial score (nSPS) is 20.2. The highest BCUT2D eigenvalue weighted by atomic mass is 16.5. The van der Waals surface area contributed by atoms with Gasteiger partial charge in [-0.2, -0.15) is 0 Å². The Balaban J connectivity index is 1.72. The Morgan fingerprint density at radius 2 is 1.88 bits per heavy atom. The van der Waals surface area contributed by atoms with Crippen LogP contribution >= 0.6 is 0 Å². The number of hydrogen-bond acceptors (Lipinski definition) is 7. The quantitative estimate of drug-likeness (QED) is 0.803. The van der Waals surface area contributed by atoms with Crippen molar-refractivity contribution in [3.8, 4) is 17.2 Å². The second-order valence-electron chi connectivity index (χ2n) is 6.42. The van der Waals surface area contributed by atoms with Gasteiger partial charge >= 0.3 is 0 Å². The number of aliphatic hydroxyl groups is 1. The standard InChI is InChI=1S/C19H25N3O4/c1-24-17-5-4-13(18(25-2)19(17)26-3)10-22-11-14(16(23)12-22)8-15-9-20-6-7-21-15/h4-7,9,14,16,23H,8,10-12H2,1-3H3/t14-,16-/m1/s1. The molecule has 1 aliphatic heterocycles. The van der Waals surface area contributed by atoms with Gasteiger partial charge in [0, 0.05) is 49.7 Å². The largest absolute Gasteiger partial charge is 0.493 e. The topological polar surface area (TPSA) is 76.9 Å². The van der Waals surface area contributed by atoms with Crippen molar-refractivity contribution in [2.75, 3.05) is 34.4 Å². The molecule has 3 rings (SSSR count). The molecule has 0 aliphatic carbocycles. The zero-order valence-electron chi connectivity index (χ0n) is 15.4.